The Balaban J connectivity index is 2.14. The summed E-state index contributed by atoms with van der Waals surface area (Å²) in [6, 6.07) is 10.3. The highest BCUT2D eigenvalue weighted by atomic mass is 16.5. The van der Waals surface area contributed by atoms with Gasteiger partial charge in [0.15, 0.2) is 0 Å². The fraction of sp³-hybridized carbons (Fsp3) is 0.625. The first-order valence-electron chi connectivity index (χ1n) is 7.15. The van der Waals surface area contributed by atoms with E-state index in [1.165, 1.54) is 5.56 Å². The molecule has 0 saturated carbocycles. The maximum atomic E-state index is 11.0. The summed E-state index contributed by atoms with van der Waals surface area (Å²) in [5.41, 5.74) is 4.28. The molecule has 1 saturated heterocycles. The van der Waals surface area contributed by atoms with Gasteiger partial charge in [0, 0.05) is 18.8 Å². The minimum atomic E-state index is -0.653. The average Bonchev–Trinajstić information content (AvgIpc) is 2.34. The van der Waals surface area contributed by atoms with Crippen LogP contribution < -0.4 is 5.73 Å². The average molecular weight is 264 g/mol. The van der Waals surface area contributed by atoms with Gasteiger partial charge in [-0.25, -0.2) is 0 Å². The highest BCUT2D eigenvalue weighted by molar-refractivity contribution is 5.16. The molecule has 1 fully saturated rings. The highest BCUT2D eigenvalue weighted by Gasteiger charge is 2.46. The molecule has 0 unspecified atom stereocenters. The van der Waals surface area contributed by atoms with Crippen LogP contribution >= 0.6 is 0 Å². The van der Waals surface area contributed by atoms with Gasteiger partial charge < -0.3 is 15.6 Å². The van der Waals surface area contributed by atoms with E-state index in [-0.39, 0.29) is 11.5 Å². The van der Waals surface area contributed by atoms with E-state index in [9.17, 15) is 5.11 Å². The first-order chi connectivity index (χ1) is 8.95. The monoisotopic (exact) mass is 264 g/mol. The first-order valence-corrected chi connectivity index (χ1v) is 7.15. The molecule has 106 valence electrons. The lowest BCUT2D eigenvalue weighted by Gasteiger charge is -2.46. The lowest BCUT2D eigenvalue weighted by atomic mass is 9.73. The summed E-state index contributed by atoms with van der Waals surface area (Å²) < 4.78 is 5.91. The second kappa shape index (κ2) is 5.61. The van der Waals surface area contributed by atoms with Crippen LogP contribution in [0.25, 0.3) is 0 Å². The highest BCUT2D eigenvalue weighted by Crippen LogP contribution is 2.39. The largest absolute Gasteiger partial charge is 0.389 e. The van der Waals surface area contributed by atoms with Crippen molar-refractivity contribution in [2.45, 2.75) is 44.3 Å². The van der Waals surface area contributed by atoms with E-state index in [1.807, 2.05) is 18.2 Å². The van der Waals surface area contributed by atoms with Gasteiger partial charge in [-0.3, -0.25) is 0 Å². The number of ether oxygens (including phenoxy) is 1. The minimum Gasteiger partial charge on any atom is -0.389 e. The summed E-state index contributed by atoms with van der Waals surface area (Å²) in [6.07, 6.45) is 2.30. The van der Waals surface area contributed by atoms with Crippen LogP contribution in [-0.2, 0) is 11.2 Å². The maximum absolute atomic E-state index is 11.0. The minimum absolute atomic E-state index is 0.157. The Morgan fingerprint density at radius 1 is 1.32 bits per heavy atom. The van der Waals surface area contributed by atoms with Gasteiger partial charge in [-0.1, -0.05) is 30.3 Å². The Labute approximate surface area is 115 Å². The quantitative estimate of drug-likeness (QED) is 0.864. The SMILES string of the molecule is CC1(C)C[C@@](O)(CC[NH3+])[C@H](Cc2ccccc2)CO1. The summed E-state index contributed by atoms with van der Waals surface area (Å²) in [5, 5.41) is 11.0. The van der Waals surface area contributed by atoms with Crippen LogP contribution in [0.2, 0.25) is 0 Å². The Morgan fingerprint density at radius 2 is 2.00 bits per heavy atom. The third-order valence-electron chi connectivity index (χ3n) is 4.10. The van der Waals surface area contributed by atoms with Gasteiger partial charge in [0.05, 0.1) is 24.4 Å². The standard InChI is InChI=1S/C16H25NO2/c1-15(2)12-16(18,8-9-17)14(11-19-15)10-13-6-4-3-5-7-13/h3-7,14,18H,8-12,17H2,1-2H3/p+1/t14-,16+/m1/s1. The van der Waals surface area contributed by atoms with Crippen LogP contribution in [0.5, 0.6) is 0 Å². The van der Waals surface area contributed by atoms with Gasteiger partial charge in [-0.05, 0) is 25.8 Å². The number of quaternary nitrogens is 1. The summed E-state index contributed by atoms with van der Waals surface area (Å²) in [7, 11) is 0. The molecule has 2 atom stereocenters. The Kier molecular flexibility index (Phi) is 4.29. The van der Waals surface area contributed by atoms with Crippen LogP contribution in [0, 0.1) is 5.92 Å². The number of aliphatic hydroxyl groups is 1. The van der Waals surface area contributed by atoms with Crippen LogP contribution in [0.4, 0.5) is 0 Å². The molecule has 1 heterocycles. The molecule has 1 aliphatic heterocycles. The third kappa shape index (κ3) is 3.56. The molecule has 3 heteroatoms. The molecular formula is C16H26NO2+. The predicted octanol–water partition coefficient (Wildman–Crippen LogP) is 1.41. The van der Waals surface area contributed by atoms with Gasteiger partial charge in [-0.15, -0.1) is 0 Å². The Morgan fingerprint density at radius 3 is 2.63 bits per heavy atom. The van der Waals surface area contributed by atoms with Gasteiger partial charge in [0.2, 0.25) is 0 Å². The summed E-state index contributed by atoms with van der Waals surface area (Å²) in [6.45, 7) is 5.50. The van der Waals surface area contributed by atoms with Crippen molar-refractivity contribution in [1.29, 1.82) is 0 Å². The molecule has 0 aromatic heterocycles. The smallest absolute Gasteiger partial charge is 0.0781 e. The van der Waals surface area contributed by atoms with Crippen LogP contribution in [-0.4, -0.2) is 29.5 Å². The van der Waals surface area contributed by atoms with Crippen molar-refractivity contribution < 1.29 is 15.6 Å². The summed E-state index contributed by atoms with van der Waals surface area (Å²) in [5.74, 6) is 0.157. The summed E-state index contributed by atoms with van der Waals surface area (Å²) >= 11 is 0. The van der Waals surface area contributed by atoms with E-state index in [0.29, 0.717) is 13.0 Å². The normalized spacial score (nSPS) is 30.2. The zero-order chi connectivity index (χ0) is 13.9. The molecule has 3 nitrogen and oxygen atoms in total. The first kappa shape index (κ1) is 14.5. The third-order valence-corrected chi connectivity index (χ3v) is 4.10. The van der Waals surface area contributed by atoms with Crippen molar-refractivity contribution in [3.8, 4) is 0 Å². The zero-order valence-corrected chi connectivity index (χ0v) is 12.1. The van der Waals surface area contributed by atoms with Crippen LogP contribution in [0.3, 0.4) is 0 Å². The summed E-state index contributed by atoms with van der Waals surface area (Å²) in [4.78, 5) is 0. The molecule has 1 aromatic rings. The molecule has 1 aromatic carbocycles. The van der Waals surface area contributed by atoms with Crippen molar-refractivity contribution >= 4 is 0 Å². The van der Waals surface area contributed by atoms with Crippen molar-refractivity contribution in [3.63, 3.8) is 0 Å². The number of hydrogen-bond acceptors (Lipinski definition) is 2. The lowest BCUT2D eigenvalue weighted by molar-refractivity contribution is -0.377. The predicted molar refractivity (Wildman–Crippen MR) is 75.6 cm³/mol. The van der Waals surface area contributed by atoms with E-state index >= 15 is 0 Å². The van der Waals surface area contributed by atoms with Crippen molar-refractivity contribution in [3.05, 3.63) is 35.9 Å². The molecule has 0 aliphatic carbocycles. The number of hydrogen-bond donors (Lipinski definition) is 2. The lowest BCUT2D eigenvalue weighted by Crippen LogP contribution is -2.59. The van der Waals surface area contributed by atoms with Crippen molar-refractivity contribution in [2.24, 2.45) is 5.92 Å². The fourth-order valence-electron chi connectivity index (χ4n) is 3.16. The maximum Gasteiger partial charge on any atom is 0.0781 e. The Bertz CT molecular complexity index is 404. The Hall–Kier alpha value is -0.900. The van der Waals surface area contributed by atoms with Gasteiger partial charge in [0.25, 0.3) is 0 Å². The van der Waals surface area contributed by atoms with E-state index in [2.05, 4.69) is 31.7 Å². The van der Waals surface area contributed by atoms with E-state index in [4.69, 9.17) is 4.74 Å². The van der Waals surface area contributed by atoms with E-state index in [1.54, 1.807) is 0 Å². The van der Waals surface area contributed by atoms with Crippen LogP contribution in [0.15, 0.2) is 30.3 Å². The van der Waals surface area contributed by atoms with Gasteiger partial charge in [0.1, 0.15) is 0 Å². The molecule has 19 heavy (non-hydrogen) atoms. The molecule has 0 amide bonds. The molecule has 0 radical (unpaired) electrons. The fourth-order valence-corrected chi connectivity index (χ4v) is 3.16. The molecule has 1 aliphatic rings. The number of benzene rings is 1. The second-order valence-electron chi connectivity index (χ2n) is 6.34. The zero-order valence-electron chi connectivity index (χ0n) is 12.1. The number of rotatable bonds is 4. The molecule has 2 rings (SSSR count). The molecule has 4 N–H and O–H groups in total. The molecule has 0 spiro atoms. The van der Waals surface area contributed by atoms with Crippen molar-refractivity contribution in [1.82, 2.24) is 0 Å². The van der Waals surface area contributed by atoms with E-state index in [0.717, 1.165) is 19.4 Å². The van der Waals surface area contributed by atoms with Gasteiger partial charge in [-0.2, -0.15) is 0 Å². The topological polar surface area (TPSA) is 57.1 Å². The van der Waals surface area contributed by atoms with Crippen molar-refractivity contribution in [2.75, 3.05) is 13.2 Å². The van der Waals surface area contributed by atoms with E-state index < -0.39 is 5.60 Å². The molecule has 0 bridgehead atoms. The van der Waals surface area contributed by atoms with Crippen LogP contribution in [0.1, 0.15) is 32.3 Å². The second-order valence-corrected chi connectivity index (χ2v) is 6.34. The molecular weight excluding hydrogens is 238 g/mol. The van der Waals surface area contributed by atoms with Gasteiger partial charge >= 0.3 is 0 Å².